The van der Waals surface area contributed by atoms with Crippen LogP contribution in [-0.2, 0) is 16.4 Å². The van der Waals surface area contributed by atoms with E-state index in [2.05, 4.69) is 15.2 Å². The van der Waals surface area contributed by atoms with Crippen molar-refractivity contribution in [1.82, 2.24) is 20.3 Å². The van der Waals surface area contributed by atoms with Crippen molar-refractivity contribution in [3.8, 4) is 11.4 Å². The standard InChI is InChI=1S/C29H29N5O4S/c1-17-6-7-18(11-26(17)39(2,37)38)29(36)31-14-22-12-25-19(13-30-22)8-9-24(32-25)23-4-3-5-27(33-23)34-15-20-10-21(16-34)28(20)35/h3-9,11-13,20-21,28,35H,10,14-16H2,1-2H3,(H,31,36)/t20-,21+,28?. The van der Waals surface area contributed by atoms with E-state index in [1.165, 1.54) is 6.07 Å². The van der Waals surface area contributed by atoms with Gasteiger partial charge >= 0.3 is 0 Å². The van der Waals surface area contributed by atoms with Gasteiger partial charge in [0, 0.05) is 48.3 Å². The highest BCUT2D eigenvalue weighted by Crippen LogP contribution is 2.41. The first-order chi connectivity index (χ1) is 18.7. The van der Waals surface area contributed by atoms with E-state index in [4.69, 9.17) is 9.97 Å². The van der Waals surface area contributed by atoms with Gasteiger partial charge in [0.1, 0.15) is 5.82 Å². The molecule has 0 radical (unpaired) electrons. The predicted molar refractivity (Wildman–Crippen MR) is 148 cm³/mol. The second kappa shape index (κ2) is 9.69. The van der Waals surface area contributed by atoms with E-state index in [0.717, 1.165) is 53.9 Å². The van der Waals surface area contributed by atoms with Crippen LogP contribution < -0.4 is 10.2 Å². The highest BCUT2D eigenvalue weighted by Gasteiger charge is 2.46. The third kappa shape index (κ3) is 4.97. The van der Waals surface area contributed by atoms with Gasteiger partial charge in [-0.15, -0.1) is 0 Å². The Balaban J connectivity index is 1.19. The number of aromatic nitrogens is 3. The Morgan fingerprint density at radius 2 is 1.82 bits per heavy atom. The molecule has 1 saturated carbocycles. The Hall–Kier alpha value is -3.89. The second-order valence-corrected chi connectivity index (χ2v) is 12.5. The molecule has 200 valence electrons. The molecule has 5 heterocycles. The molecular formula is C29H29N5O4S. The van der Waals surface area contributed by atoms with Crippen LogP contribution in [0.1, 0.15) is 28.0 Å². The first kappa shape index (κ1) is 25.4. The van der Waals surface area contributed by atoms with E-state index in [1.807, 2.05) is 36.4 Å². The van der Waals surface area contributed by atoms with Crippen LogP contribution in [0.25, 0.3) is 22.3 Å². The number of hydrogen-bond acceptors (Lipinski definition) is 8. The molecule has 3 atom stereocenters. The Bertz CT molecular complexity index is 1700. The Kier molecular flexibility index (Phi) is 6.31. The number of benzene rings is 1. The molecule has 4 aromatic rings. The summed E-state index contributed by atoms with van der Waals surface area (Å²) in [5, 5.41) is 13.8. The van der Waals surface area contributed by atoms with Gasteiger partial charge in [-0.2, -0.15) is 0 Å². The monoisotopic (exact) mass is 543 g/mol. The number of anilines is 1. The molecule has 1 aliphatic carbocycles. The van der Waals surface area contributed by atoms with Gasteiger partial charge < -0.3 is 15.3 Å². The average molecular weight is 544 g/mol. The molecule has 9 nitrogen and oxygen atoms in total. The second-order valence-electron chi connectivity index (χ2n) is 10.5. The van der Waals surface area contributed by atoms with Gasteiger partial charge in [0.15, 0.2) is 9.84 Å². The number of carbonyl (C=O) groups excluding carboxylic acids is 1. The van der Waals surface area contributed by atoms with Crippen LogP contribution in [0.15, 0.2) is 65.7 Å². The van der Waals surface area contributed by atoms with Crippen molar-refractivity contribution in [3.05, 3.63) is 77.6 Å². The minimum absolute atomic E-state index is 0.142. The number of pyridine rings is 3. The predicted octanol–water partition coefficient (Wildman–Crippen LogP) is 3.15. The van der Waals surface area contributed by atoms with E-state index in [0.29, 0.717) is 23.1 Å². The third-order valence-electron chi connectivity index (χ3n) is 7.71. The van der Waals surface area contributed by atoms with Gasteiger partial charge in [0.2, 0.25) is 0 Å². The summed E-state index contributed by atoms with van der Waals surface area (Å²) in [6.07, 6.45) is 3.76. The number of piperidine rings is 2. The first-order valence-corrected chi connectivity index (χ1v) is 14.8. The van der Waals surface area contributed by atoms with Gasteiger partial charge in [-0.1, -0.05) is 12.1 Å². The smallest absolute Gasteiger partial charge is 0.251 e. The number of sulfone groups is 1. The lowest BCUT2D eigenvalue weighted by molar-refractivity contribution is -0.0533. The minimum Gasteiger partial charge on any atom is -0.392 e. The van der Waals surface area contributed by atoms with Crippen LogP contribution in [-0.4, -0.2) is 59.8 Å². The van der Waals surface area contributed by atoms with Crippen molar-refractivity contribution in [3.63, 3.8) is 0 Å². The number of hydrogen-bond donors (Lipinski definition) is 2. The number of rotatable bonds is 6. The fourth-order valence-corrected chi connectivity index (χ4v) is 6.50. The number of amides is 1. The molecule has 39 heavy (non-hydrogen) atoms. The highest BCUT2D eigenvalue weighted by atomic mass is 32.2. The van der Waals surface area contributed by atoms with Crippen molar-refractivity contribution in [1.29, 1.82) is 0 Å². The number of aliphatic hydroxyl groups is 1. The molecule has 3 aromatic heterocycles. The summed E-state index contributed by atoms with van der Waals surface area (Å²) in [6.45, 7) is 3.50. The summed E-state index contributed by atoms with van der Waals surface area (Å²) in [5.74, 6) is 1.16. The maximum atomic E-state index is 12.7. The molecule has 3 aliphatic rings. The molecular weight excluding hydrogens is 514 g/mol. The molecule has 2 saturated heterocycles. The van der Waals surface area contributed by atoms with Crippen molar-refractivity contribution in [2.75, 3.05) is 24.2 Å². The van der Waals surface area contributed by atoms with Crippen molar-refractivity contribution in [2.45, 2.75) is 30.9 Å². The normalized spacial score (nSPS) is 20.5. The fraction of sp³-hybridized carbons (Fsp3) is 0.310. The Morgan fingerprint density at radius 3 is 2.56 bits per heavy atom. The van der Waals surface area contributed by atoms with E-state index < -0.39 is 9.84 Å². The Labute approximate surface area is 226 Å². The summed E-state index contributed by atoms with van der Waals surface area (Å²) >= 11 is 0. The molecule has 1 unspecified atom stereocenters. The van der Waals surface area contributed by atoms with Gasteiger partial charge in [-0.25, -0.2) is 18.4 Å². The maximum Gasteiger partial charge on any atom is 0.251 e. The van der Waals surface area contributed by atoms with Crippen molar-refractivity contribution >= 4 is 32.5 Å². The van der Waals surface area contributed by atoms with Gasteiger partial charge in [0.05, 0.1) is 40.1 Å². The topological polar surface area (TPSA) is 125 Å². The van der Waals surface area contributed by atoms with E-state index in [-0.39, 0.29) is 29.0 Å². The van der Waals surface area contributed by atoms with E-state index in [1.54, 1.807) is 25.3 Å². The summed E-state index contributed by atoms with van der Waals surface area (Å²) in [4.78, 5) is 29.3. The van der Waals surface area contributed by atoms with Gasteiger partial charge in [0.25, 0.3) is 5.91 Å². The summed E-state index contributed by atoms with van der Waals surface area (Å²) in [7, 11) is -3.44. The van der Waals surface area contributed by atoms with Crippen LogP contribution in [0.4, 0.5) is 5.82 Å². The SMILES string of the molecule is Cc1ccc(C(=O)NCc2cc3nc(-c4cccc(N5C[C@H]6C[C@@H](C5)C6O)n4)ccc3cn2)cc1S(C)(=O)=O. The van der Waals surface area contributed by atoms with E-state index in [9.17, 15) is 18.3 Å². The van der Waals surface area contributed by atoms with Crippen LogP contribution in [0.3, 0.4) is 0 Å². The summed E-state index contributed by atoms with van der Waals surface area (Å²) in [6, 6.07) is 16.3. The third-order valence-corrected chi connectivity index (χ3v) is 8.95. The maximum absolute atomic E-state index is 12.7. The Morgan fingerprint density at radius 1 is 1.05 bits per heavy atom. The van der Waals surface area contributed by atoms with Crippen molar-refractivity contribution < 1.29 is 18.3 Å². The molecule has 10 heteroatoms. The molecule has 2 N–H and O–H groups in total. The summed E-state index contributed by atoms with van der Waals surface area (Å²) in [5.41, 5.74) is 3.73. The lowest BCUT2D eigenvalue weighted by Gasteiger charge is -2.51. The highest BCUT2D eigenvalue weighted by molar-refractivity contribution is 7.90. The van der Waals surface area contributed by atoms with Crippen LogP contribution >= 0.6 is 0 Å². The number of nitrogens with one attached hydrogen (secondary N) is 1. The zero-order valence-corrected chi connectivity index (χ0v) is 22.5. The molecule has 1 amide bonds. The van der Waals surface area contributed by atoms with Crippen LogP contribution in [0.2, 0.25) is 0 Å². The number of fused-ring (bicyclic) bond motifs is 3. The molecule has 7 rings (SSSR count). The van der Waals surface area contributed by atoms with Crippen LogP contribution in [0, 0.1) is 18.8 Å². The summed E-state index contributed by atoms with van der Waals surface area (Å²) < 4.78 is 24.0. The van der Waals surface area contributed by atoms with Crippen LogP contribution in [0.5, 0.6) is 0 Å². The lowest BCUT2D eigenvalue weighted by atomic mass is 9.68. The molecule has 3 fully saturated rings. The molecule has 1 aromatic carbocycles. The zero-order valence-electron chi connectivity index (χ0n) is 21.7. The van der Waals surface area contributed by atoms with Gasteiger partial charge in [-0.3, -0.25) is 9.78 Å². The average Bonchev–Trinajstić information content (AvgIpc) is 2.95. The number of carbonyl (C=O) groups is 1. The largest absolute Gasteiger partial charge is 0.392 e. The zero-order chi connectivity index (χ0) is 27.3. The van der Waals surface area contributed by atoms with E-state index >= 15 is 0 Å². The number of aryl methyl sites for hydroxylation is 1. The lowest BCUT2D eigenvalue weighted by Crippen LogP contribution is -2.58. The molecule has 2 aliphatic heterocycles. The minimum atomic E-state index is -3.44. The first-order valence-electron chi connectivity index (χ1n) is 12.9. The number of nitrogens with zero attached hydrogens (tertiary/aromatic N) is 4. The quantitative estimate of drug-likeness (QED) is 0.380. The molecule has 0 spiro atoms. The van der Waals surface area contributed by atoms with Crippen molar-refractivity contribution in [2.24, 2.45) is 11.8 Å². The van der Waals surface area contributed by atoms with Gasteiger partial charge in [-0.05, 0) is 61.4 Å². The fourth-order valence-electron chi connectivity index (χ4n) is 5.50. The number of aliphatic hydroxyl groups excluding tert-OH is 1. The molecule has 2 bridgehead atoms.